The molecule has 164 valence electrons. The number of rotatable bonds is 7. The fourth-order valence-corrected chi connectivity index (χ4v) is 3.92. The Morgan fingerprint density at radius 3 is 2.72 bits per heavy atom. The number of carbonyl (C=O) groups is 3. The van der Waals surface area contributed by atoms with Crippen LogP contribution in [0.5, 0.6) is 11.5 Å². The third kappa shape index (κ3) is 4.26. The van der Waals surface area contributed by atoms with Crippen molar-refractivity contribution in [3.8, 4) is 11.5 Å². The van der Waals surface area contributed by atoms with E-state index in [1.165, 1.54) is 25.6 Å². The second-order valence-electron chi connectivity index (χ2n) is 6.78. The molecule has 0 aliphatic carbocycles. The summed E-state index contributed by atoms with van der Waals surface area (Å²) in [5.74, 6) is -0.606. The number of amides is 2. The number of hydrogen-bond acceptors (Lipinski definition) is 8. The first-order chi connectivity index (χ1) is 15.5. The minimum Gasteiger partial charge on any atom is -0.493 e. The lowest BCUT2D eigenvalue weighted by Crippen LogP contribution is -2.17. The van der Waals surface area contributed by atoms with Crippen molar-refractivity contribution in [2.75, 3.05) is 24.9 Å². The Bertz CT molecular complexity index is 1180. The lowest BCUT2D eigenvalue weighted by atomic mass is 10.0. The average molecular weight is 453 g/mol. The van der Waals surface area contributed by atoms with Crippen LogP contribution in [0.25, 0.3) is 0 Å². The number of carbonyl (C=O) groups excluding carboxylic acids is 3. The largest absolute Gasteiger partial charge is 0.493 e. The highest BCUT2D eigenvalue weighted by Crippen LogP contribution is 2.43. The molecule has 2 aromatic carbocycles. The highest BCUT2D eigenvalue weighted by atomic mass is 32.1. The van der Waals surface area contributed by atoms with Gasteiger partial charge in [-0.3, -0.25) is 14.9 Å². The first kappa shape index (κ1) is 21.3. The van der Waals surface area contributed by atoms with Crippen LogP contribution in [0.1, 0.15) is 38.8 Å². The summed E-state index contributed by atoms with van der Waals surface area (Å²) in [4.78, 5) is 41.4. The topological polar surface area (TPSA) is 116 Å². The van der Waals surface area contributed by atoms with Gasteiger partial charge in [0.15, 0.2) is 16.6 Å². The molecule has 2 heterocycles. The van der Waals surface area contributed by atoms with E-state index in [1.54, 1.807) is 48.0 Å². The summed E-state index contributed by atoms with van der Waals surface area (Å²) in [6.07, 6.45) is 0.744. The number of benzene rings is 2. The standard InChI is InChI=1S/C22H19N3O6S/c1-29-15-7-6-14-16(31-21(28)18(14)19(15)30-2)11-17(26)24-13-5-3-4-12(10-13)20(27)25-22-23-8-9-32-22/h3-10,16H,11H2,1-2H3,(H,24,26)(H,23,25,27)/t16-/m0/s1. The Balaban J connectivity index is 1.45. The van der Waals surface area contributed by atoms with Crippen molar-refractivity contribution in [1.29, 1.82) is 0 Å². The van der Waals surface area contributed by atoms with Gasteiger partial charge in [0.05, 0.1) is 20.6 Å². The van der Waals surface area contributed by atoms with Gasteiger partial charge in [0.1, 0.15) is 11.7 Å². The second kappa shape index (κ2) is 9.06. The fraction of sp³-hybridized carbons (Fsp3) is 0.182. The molecule has 1 aliphatic heterocycles. The van der Waals surface area contributed by atoms with Crippen LogP contribution in [0, 0.1) is 0 Å². The molecule has 10 heteroatoms. The van der Waals surface area contributed by atoms with Crippen LogP contribution in [0.3, 0.4) is 0 Å². The SMILES string of the molecule is COc1ccc2c(c1OC)C(=O)O[C@H]2CC(=O)Nc1cccc(C(=O)Nc2nccs2)c1. The van der Waals surface area contributed by atoms with Gasteiger partial charge in [0.25, 0.3) is 5.91 Å². The van der Waals surface area contributed by atoms with Gasteiger partial charge in [0, 0.05) is 28.4 Å². The van der Waals surface area contributed by atoms with E-state index in [9.17, 15) is 14.4 Å². The smallest absolute Gasteiger partial charge is 0.343 e. The normalized spacial score (nSPS) is 14.3. The summed E-state index contributed by atoms with van der Waals surface area (Å²) in [6, 6.07) is 9.86. The Labute approximate surface area is 187 Å². The predicted octanol–water partition coefficient (Wildman–Crippen LogP) is 3.65. The molecule has 3 aromatic rings. The molecule has 2 N–H and O–H groups in total. The third-order valence-corrected chi connectivity index (χ3v) is 5.50. The van der Waals surface area contributed by atoms with Crippen molar-refractivity contribution in [2.24, 2.45) is 0 Å². The molecule has 0 unspecified atom stereocenters. The van der Waals surface area contributed by atoms with E-state index < -0.39 is 12.1 Å². The van der Waals surface area contributed by atoms with Gasteiger partial charge < -0.3 is 19.5 Å². The molecule has 0 saturated heterocycles. The number of anilines is 2. The minimum absolute atomic E-state index is 0.0935. The number of ether oxygens (including phenoxy) is 3. The van der Waals surface area contributed by atoms with Gasteiger partial charge in [-0.25, -0.2) is 9.78 Å². The summed E-state index contributed by atoms with van der Waals surface area (Å²) < 4.78 is 15.9. The average Bonchev–Trinajstić information content (AvgIpc) is 3.41. The van der Waals surface area contributed by atoms with Crippen molar-refractivity contribution in [1.82, 2.24) is 4.98 Å². The van der Waals surface area contributed by atoms with Crippen molar-refractivity contribution < 1.29 is 28.6 Å². The molecular formula is C22H19N3O6S. The molecule has 0 saturated carbocycles. The van der Waals surface area contributed by atoms with Crippen molar-refractivity contribution >= 4 is 39.9 Å². The first-order valence-corrected chi connectivity index (χ1v) is 10.4. The Morgan fingerprint density at radius 2 is 2.00 bits per heavy atom. The van der Waals surface area contributed by atoms with E-state index in [0.717, 1.165) is 0 Å². The van der Waals surface area contributed by atoms with Crippen LogP contribution in [-0.4, -0.2) is 37.0 Å². The zero-order chi connectivity index (χ0) is 22.7. The highest BCUT2D eigenvalue weighted by molar-refractivity contribution is 7.13. The monoisotopic (exact) mass is 453 g/mol. The molecule has 1 aliphatic rings. The van der Waals surface area contributed by atoms with E-state index in [-0.39, 0.29) is 29.5 Å². The van der Waals surface area contributed by atoms with Crippen molar-refractivity contribution in [3.63, 3.8) is 0 Å². The number of nitrogens with zero attached hydrogens (tertiary/aromatic N) is 1. The molecule has 1 aromatic heterocycles. The van der Waals surface area contributed by atoms with Crippen LogP contribution in [0.4, 0.5) is 10.8 Å². The van der Waals surface area contributed by atoms with E-state index in [1.807, 2.05) is 0 Å². The number of cyclic esters (lactones) is 1. The molecule has 4 rings (SSSR count). The number of esters is 1. The number of methoxy groups -OCH3 is 2. The van der Waals surface area contributed by atoms with Crippen LogP contribution >= 0.6 is 11.3 Å². The number of thiazole rings is 1. The van der Waals surface area contributed by atoms with Crippen molar-refractivity contribution in [3.05, 3.63) is 64.7 Å². The van der Waals surface area contributed by atoms with E-state index in [2.05, 4.69) is 15.6 Å². The van der Waals surface area contributed by atoms with Crippen LogP contribution in [0.15, 0.2) is 48.0 Å². The molecular weight excluding hydrogens is 434 g/mol. The first-order valence-electron chi connectivity index (χ1n) is 9.56. The maximum absolute atomic E-state index is 12.6. The predicted molar refractivity (Wildman–Crippen MR) is 117 cm³/mol. The molecule has 0 fully saturated rings. The van der Waals surface area contributed by atoms with Crippen molar-refractivity contribution in [2.45, 2.75) is 12.5 Å². The number of fused-ring (bicyclic) bond motifs is 1. The van der Waals surface area contributed by atoms with Crippen LogP contribution in [-0.2, 0) is 9.53 Å². The maximum Gasteiger partial charge on any atom is 0.343 e. The number of nitrogens with one attached hydrogen (secondary N) is 2. The summed E-state index contributed by atoms with van der Waals surface area (Å²) in [5.41, 5.74) is 1.62. The van der Waals surface area contributed by atoms with E-state index >= 15 is 0 Å². The minimum atomic E-state index is -0.756. The summed E-state index contributed by atoms with van der Waals surface area (Å²) in [7, 11) is 2.91. The number of hydrogen-bond donors (Lipinski definition) is 2. The van der Waals surface area contributed by atoms with Gasteiger partial charge in [-0.15, -0.1) is 11.3 Å². The molecule has 1 atom stereocenters. The van der Waals surface area contributed by atoms with Gasteiger partial charge in [-0.2, -0.15) is 0 Å². The van der Waals surface area contributed by atoms with E-state index in [0.29, 0.717) is 27.7 Å². The summed E-state index contributed by atoms with van der Waals surface area (Å²) >= 11 is 1.31. The second-order valence-corrected chi connectivity index (χ2v) is 7.68. The van der Waals surface area contributed by atoms with Gasteiger partial charge in [0.2, 0.25) is 5.91 Å². The Kier molecular flexibility index (Phi) is 6.04. The maximum atomic E-state index is 12.6. The lowest BCUT2D eigenvalue weighted by molar-refractivity contribution is -0.118. The number of aromatic nitrogens is 1. The zero-order valence-corrected chi connectivity index (χ0v) is 18.0. The fourth-order valence-electron chi connectivity index (χ4n) is 3.40. The summed E-state index contributed by atoms with van der Waals surface area (Å²) in [5, 5.41) is 7.67. The van der Waals surface area contributed by atoms with Gasteiger partial charge >= 0.3 is 5.97 Å². The van der Waals surface area contributed by atoms with Gasteiger partial charge in [-0.1, -0.05) is 12.1 Å². The van der Waals surface area contributed by atoms with Crippen LogP contribution in [0.2, 0.25) is 0 Å². The molecule has 0 spiro atoms. The Hall–Kier alpha value is -3.92. The van der Waals surface area contributed by atoms with Gasteiger partial charge in [-0.05, 0) is 24.3 Å². The highest BCUT2D eigenvalue weighted by Gasteiger charge is 2.36. The Morgan fingerprint density at radius 1 is 1.16 bits per heavy atom. The third-order valence-electron chi connectivity index (χ3n) is 4.81. The lowest BCUT2D eigenvalue weighted by Gasteiger charge is -2.13. The molecule has 0 bridgehead atoms. The molecule has 2 amide bonds. The quantitative estimate of drug-likeness (QED) is 0.525. The molecule has 0 radical (unpaired) electrons. The zero-order valence-electron chi connectivity index (χ0n) is 17.2. The molecule has 9 nitrogen and oxygen atoms in total. The van der Waals surface area contributed by atoms with E-state index in [4.69, 9.17) is 14.2 Å². The molecule has 32 heavy (non-hydrogen) atoms. The summed E-state index contributed by atoms with van der Waals surface area (Å²) in [6.45, 7) is 0. The van der Waals surface area contributed by atoms with Crippen LogP contribution < -0.4 is 20.1 Å².